The van der Waals surface area contributed by atoms with E-state index in [0.717, 1.165) is 17.0 Å². The van der Waals surface area contributed by atoms with E-state index in [9.17, 15) is 18.4 Å². The molecule has 2 aromatic carbocycles. The molecule has 1 amide bonds. The number of halogens is 2. The van der Waals surface area contributed by atoms with Gasteiger partial charge in [0.1, 0.15) is 28.7 Å². The number of benzene rings is 2. The van der Waals surface area contributed by atoms with Gasteiger partial charge in [-0.1, -0.05) is 42.5 Å². The number of nitrogens with one attached hydrogen (secondary N) is 2. The van der Waals surface area contributed by atoms with Gasteiger partial charge in [0.25, 0.3) is 11.5 Å². The number of carbonyl (C=O) groups is 1. The van der Waals surface area contributed by atoms with Crippen molar-refractivity contribution in [2.24, 2.45) is 0 Å². The highest BCUT2D eigenvalue weighted by Crippen LogP contribution is 2.28. The van der Waals surface area contributed by atoms with E-state index < -0.39 is 28.7 Å². The molecule has 5 aromatic rings. The number of H-pyrrole nitrogens is 1. The summed E-state index contributed by atoms with van der Waals surface area (Å²) in [6.45, 7) is 0. The van der Waals surface area contributed by atoms with Crippen LogP contribution >= 0.6 is 11.3 Å². The molecule has 0 atom stereocenters. The molecule has 0 aliphatic carbocycles. The Bertz CT molecular complexity index is 1530. The lowest BCUT2D eigenvalue weighted by atomic mass is 10.1. The number of nitrogens with zero attached hydrogens (tertiary/aromatic N) is 3. The number of aromatic nitrogens is 4. The summed E-state index contributed by atoms with van der Waals surface area (Å²) in [5.41, 5.74) is 0.415. The van der Waals surface area contributed by atoms with E-state index in [0.29, 0.717) is 17.0 Å². The zero-order valence-electron chi connectivity index (χ0n) is 17.3. The predicted molar refractivity (Wildman–Crippen MR) is 125 cm³/mol. The van der Waals surface area contributed by atoms with Gasteiger partial charge in [0.05, 0.1) is 10.6 Å². The van der Waals surface area contributed by atoms with Gasteiger partial charge in [-0.15, -0.1) is 11.3 Å². The molecule has 3 heterocycles. The fourth-order valence-electron chi connectivity index (χ4n) is 3.37. The number of aromatic amines is 1. The molecule has 0 saturated heterocycles. The minimum Gasteiger partial charge on any atom is -0.306 e. The molecule has 3 aromatic heterocycles. The molecule has 0 saturated carbocycles. The average molecular weight is 475 g/mol. The van der Waals surface area contributed by atoms with E-state index in [4.69, 9.17) is 0 Å². The van der Waals surface area contributed by atoms with Crippen molar-refractivity contribution in [1.82, 2.24) is 19.7 Å². The lowest BCUT2D eigenvalue weighted by Crippen LogP contribution is -2.20. The van der Waals surface area contributed by atoms with Crippen molar-refractivity contribution in [3.8, 4) is 27.8 Å². The summed E-state index contributed by atoms with van der Waals surface area (Å²) in [5, 5.41) is 8.83. The first-order chi connectivity index (χ1) is 16.5. The number of rotatable bonds is 5. The van der Waals surface area contributed by atoms with E-state index in [1.165, 1.54) is 34.2 Å². The summed E-state index contributed by atoms with van der Waals surface area (Å²) in [4.78, 5) is 33.1. The molecule has 0 fully saturated rings. The molecule has 7 nitrogen and oxygen atoms in total. The molecule has 34 heavy (non-hydrogen) atoms. The second-order valence-electron chi connectivity index (χ2n) is 7.17. The normalized spacial score (nSPS) is 10.9. The van der Waals surface area contributed by atoms with Crippen molar-refractivity contribution in [2.75, 3.05) is 5.32 Å². The number of anilines is 1. The van der Waals surface area contributed by atoms with Crippen LogP contribution in [0.4, 0.5) is 14.6 Å². The van der Waals surface area contributed by atoms with Gasteiger partial charge < -0.3 is 5.32 Å². The number of thiophene rings is 1. The fraction of sp³-hybridized carbons (Fsp3) is 0. The Morgan fingerprint density at radius 2 is 1.71 bits per heavy atom. The second-order valence-corrected chi connectivity index (χ2v) is 8.12. The Kier molecular flexibility index (Phi) is 5.56. The van der Waals surface area contributed by atoms with Gasteiger partial charge in [-0.25, -0.2) is 13.8 Å². The summed E-state index contributed by atoms with van der Waals surface area (Å²) in [5.74, 6) is -2.90. The minimum absolute atomic E-state index is 0.0264. The summed E-state index contributed by atoms with van der Waals surface area (Å²) in [7, 11) is 0. The molecule has 0 aliphatic heterocycles. The third kappa shape index (κ3) is 4.14. The standard InChI is InChI=1S/C24H15F2N5O2S/c25-15-8-4-9-16(26)22(15)23(33)28-20-12-18(19-10-5-11-34-19)30-31(20)24-27-17(13-21(32)29-24)14-6-2-1-3-7-14/h1-13H,(H,28,33)(H,27,29,32). The molecular weight excluding hydrogens is 460 g/mol. The molecule has 168 valence electrons. The van der Waals surface area contributed by atoms with Gasteiger partial charge >= 0.3 is 0 Å². The van der Waals surface area contributed by atoms with Crippen molar-refractivity contribution in [2.45, 2.75) is 0 Å². The van der Waals surface area contributed by atoms with Crippen molar-refractivity contribution < 1.29 is 13.6 Å². The maximum absolute atomic E-state index is 14.2. The fourth-order valence-corrected chi connectivity index (χ4v) is 4.05. The van der Waals surface area contributed by atoms with Crippen LogP contribution in [0.1, 0.15) is 10.4 Å². The first-order valence-electron chi connectivity index (χ1n) is 10.1. The number of hydrogen-bond acceptors (Lipinski definition) is 5. The highest BCUT2D eigenvalue weighted by Gasteiger charge is 2.21. The highest BCUT2D eigenvalue weighted by atomic mass is 32.1. The zero-order chi connectivity index (χ0) is 23.7. The second kappa shape index (κ2) is 8.83. The Morgan fingerprint density at radius 1 is 0.941 bits per heavy atom. The van der Waals surface area contributed by atoms with E-state index in [1.807, 2.05) is 35.7 Å². The van der Waals surface area contributed by atoms with Gasteiger partial charge in [0, 0.05) is 17.7 Å². The highest BCUT2D eigenvalue weighted by molar-refractivity contribution is 7.13. The molecule has 0 radical (unpaired) electrons. The van der Waals surface area contributed by atoms with E-state index in [-0.39, 0.29) is 11.8 Å². The average Bonchev–Trinajstić information content (AvgIpc) is 3.49. The molecular formula is C24H15F2N5O2S. The third-order valence-electron chi connectivity index (χ3n) is 4.91. The van der Waals surface area contributed by atoms with Crippen LogP contribution in [0.15, 0.2) is 83.0 Å². The molecule has 10 heteroatoms. The van der Waals surface area contributed by atoms with Gasteiger partial charge in [-0.05, 0) is 23.6 Å². The SMILES string of the molecule is O=C(Nc1cc(-c2cccs2)nn1-c1nc(-c2ccccc2)cc(=O)[nH]1)c1c(F)cccc1F. The lowest BCUT2D eigenvalue weighted by molar-refractivity contribution is 0.101. The van der Waals surface area contributed by atoms with Gasteiger partial charge in [0.2, 0.25) is 5.95 Å². The van der Waals surface area contributed by atoms with Gasteiger partial charge in [0.15, 0.2) is 0 Å². The maximum atomic E-state index is 14.2. The van der Waals surface area contributed by atoms with Crippen LogP contribution in [0.25, 0.3) is 27.8 Å². The van der Waals surface area contributed by atoms with Crippen LogP contribution in [0.2, 0.25) is 0 Å². The van der Waals surface area contributed by atoms with Crippen LogP contribution in [0.5, 0.6) is 0 Å². The van der Waals surface area contributed by atoms with Crippen LogP contribution < -0.4 is 10.9 Å². The number of hydrogen-bond donors (Lipinski definition) is 2. The van der Waals surface area contributed by atoms with Crippen molar-refractivity contribution in [1.29, 1.82) is 0 Å². The third-order valence-corrected chi connectivity index (χ3v) is 5.81. The first kappa shape index (κ1) is 21.4. The first-order valence-corrected chi connectivity index (χ1v) is 10.9. The molecule has 5 rings (SSSR count). The largest absolute Gasteiger partial charge is 0.306 e. The Labute approximate surface area is 195 Å². The molecule has 2 N–H and O–H groups in total. The molecule has 0 spiro atoms. The van der Waals surface area contributed by atoms with Crippen LogP contribution in [0.3, 0.4) is 0 Å². The van der Waals surface area contributed by atoms with Crippen molar-refractivity contribution in [3.63, 3.8) is 0 Å². The van der Waals surface area contributed by atoms with Gasteiger partial charge in [-0.3, -0.25) is 14.6 Å². The number of amides is 1. The number of carbonyl (C=O) groups excluding carboxylic acids is 1. The smallest absolute Gasteiger partial charge is 0.262 e. The van der Waals surface area contributed by atoms with E-state index >= 15 is 0 Å². The minimum atomic E-state index is -1.00. The Balaban J connectivity index is 1.62. The maximum Gasteiger partial charge on any atom is 0.262 e. The van der Waals surface area contributed by atoms with E-state index in [1.54, 1.807) is 12.1 Å². The topological polar surface area (TPSA) is 92.7 Å². The molecule has 0 aliphatic rings. The molecule has 0 bridgehead atoms. The van der Waals surface area contributed by atoms with E-state index in [2.05, 4.69) is 20.4 Å². The van der Waals surface area contributed by atoms with Crippen LogP contribution in [0, 0.1) is 11.6 Å². The summed E-state index contributed by atoms with van der Waals surface area (Å²) in [6, 6.07) is 18.8. The van der Waals surface area contributed by atoms with Crippen LogP contribution in [-0.4, -0.2) is 25.7 Å². The van der Waals surface area contributed by atoms with Crippen molar-refractivity contribution >= 4 is 23.1 Å². The monoisotopic (exact) mass is 475 g/mol. The lowest BCUT2D eigenvalue weighted by Gasteiger charge is -2.10. The molecule has 0 unspecified atom stereocenters. The van der Waals surface area contributed by atoms with Gasteiger partial charge in [-0.2, -0.15) is 9.78 Å². The zero-order valence-corrected chi connectivity index (χ0v) is 18.1. The predicted octanol–water partition coefficient (Wildman–Crippen LogP) is 4.88. The van der Waals surface area contributed by atoms with Crippen molar-refractivity contribution in [3.05, 3.63) is 106 Å². The summed E-state index contributed by atoms with van der Waals surface area (Å²) < 4.78 is 29.6. The Hall–Kier alpha value is -4.44. The Morgan fingerprint density at radius 3 is 2.41 bits per heavy atom. The summed E-state index contributed by atoms with van der Waals surface area (Å²) >= 11 is 1.42. The van der Waals surface area contributed by atoms with Crippen LogP contribution in [-0.2, 0) is 0 Å². The summed E-state index contributed by atoms with van der Waals surface area (Å²) in [6.07, 6.45) is 0. The quantitative estimate of drug-likeness (QED) is 0.379.